The van der Waals surface area contributed by atoms with Gasteiger partial charge in [0.05, 0.1) is 0 Å². The minimum Gasteiger partial charge on any atom is -0.363 e. The van der Waals surface area contributed by atoms with Gasteiger partial charge >= 0.3 is 0 Å². The number of hydrogen-bond acceptors (Lipinski definition) is 3. The maximum atomic E-state index is 12.9. The molecule has 1 amide bonds. The Morgan fingerprint density at radius 3 is 2.35 bits per heavy atom. The zero-order chi connectivity index (χ0) is 17.6. The van der Waals surface area contributed by atoms with Crippen molar-refractivity contribution in [1.29, 1.82) is 0 Å². The largest absolute Gasteiger partial charge is 0.363 e. The molecule has 0 aliphatic carbocycles. The molecule has 1 atom stereocenters. The Morgan fingerprint density at radius 2 is 1.69 bits per heavy atom. The molecule has 2 saturated heterocycles. The van der Waals surface area contributed by atoms with Crippen LogP contribution in [0.2, 0.25) is 0 Å². The number of benzene rings is 2. The van der Waals surface area contributed by atoms with Crippen LogP contribution in [0.5, 0.6) is 0 Å². The Labute approximate surface area is 154 Å². The van der Waals surface area contributed by atoms with Crippen LogP contribution in [-0.4, -0.2) is 36.0 Å². The van der Waals surface area contributed by atoms with Gasteiger partial charge in [0.15, 0.2) is 0 Å². The Bertz CT molecular complexity index is 799. The van der Waals surface area contributed by atoms with E-state index in [1.807, 2.05) is 17.0 Å². The number of fused-ring (bicyclic) bond motifs is 1. The van der Waals surface area contributed by atoms with Gasteiger partial charge in [-0.1, -0.05) is 24.3 Å². The predicted octanol–water partition coefficient (Wildman–Crippen LogP) is 3.17. The molecule has 3 aliphatic rings. The van der Waals surface area contributed by atoms with E-state index >= 15 is 0 Å². The highest BCUT2D eigenvalue weighted by molar-refractivity contribution is 5.94. The smallest absolute Gasteiger partial charge is 0.253 e. The number of carbonyl (C=O) groups excluding carboxylic acids is 1. The fourth-order valence-corrected chi connectivity index (χ4v) is 4.78. The first kappa shape index (κ1) is 15.9. The molecule has 2 aromatic carbocycles. The molecule has 0 bridgehead atoms. The third-order valence-electron chi connectivity index (χ3n) is 6.29. The molecule has 0 aromatic heterocycles. The lowest BCUT2D eigenvalue weighted by Gasteiger charge is -2.24. The van der Waals surface area contributed by atoms with Crippen molar-refractivity contribution in [2.24, 2.45) is 0 Å². The van der Waals surface area contributed by atoms with Gasteiger partial charge in [0.25, 0.3) is 5.91 Å². The molecule has 4 heteroatoms. The molecule has 1 N–H and O–H groups in total. The molecule has 2 fully saturated rings. The summed E-state index contributed by atoms with van der Waals surface area (Å²) < 4.78 is 0. The van der Waals surface area contributed by atoms with Crippen LogP contribution in [0.4, 0.5) is 5.69 Å². The molecule has 2 aromatic rings. The molecule has 1 spiro atoms. The highest BCUT2D eigenvalue weighted by atomic mass is 16.2. The van der Waals surface area contributed by atoms with E-state index in [-0.39, 0.29) is 11.4 Å². The van der Waals surface area contributed by atoms with Crippen molar-refractivity contribution >= 4 is 11.6 Å². The van der Waals surface area contributed by atoms with Crippen molar-refractivity contribution in [3.63, 3.8) is 0 Å². The summed E-state index contributed by atoms with van der Waals surface area (Å²) in [6, 6.07) is 16.8. The van der Waals surface area contributed by atoms with E-state index in [0.717, 1.165) is 44.7 Å². The second-order valence-electron chi connectivity index (χ2n) is 7.96. The van der Waals surface area contributed by atoms with Crippen LogP contribution >= 0.6 is 0 Å². The van der Waals surface area contributed by atoms with Gasteiger partial charge in [0, 0.05) is 43.0 Å². The molecule has 0 saturated carbocycles. The van der Waals surface area contributed by atoms with Crippen LogP contribution in [0.3, 0.4) is 0 Å². The van der Waals surface area contributed by atoms with Gasteiger partial charge in [-0.15, -0.1) is 0 Å². The molecule has 1 unspecified atom stereocenters. The third-order valence-corrected chi connectivity index (χ3v) is 6.29. The summed E-state index contributed by atoms with van der Waals surface area (Å²) in [5.41, 5.74) is 4.99. The number of hydrogen-bond donors (Lipinski definition) is 1. The number of carbonyl (C=O) groups is 1. The van der Waals surface area contributed by atoms with E-state index in [2.05, 4.69) is 46.6 Å². The average molecular weight is 347 g/mol. The zero-order valence-electron chi connectivity index (χ0n) is 15.1. The van der Waals surface area contributed by atoms with E-state index in [1.54, 1.807) is 0 Å². The molecule has 0 radical (unpaired) electrons. The van der Waals surface area contributed by atoms with Gasteiger partial charge in [0.1, 0.15) is 0 Å². The molecule has 26 heavy (non-hydrogen) atoms. The molecule has 3 aliphatic heterocycles. The fourth-order valence-electron chi connectivity index (χ4n) is 4.78. The molecular formula is C22H25N3O. The number of rotatable bonds is 2. The summed E-state index contributed by atoms with van der Waals surface area (Å²) in [7, 11) is 0. The van der Waals surface area contributed by atoms with Gasteiger partial charge in [-0.3, -0.25) is 4.79 Å². The predicted molar refractivity (Wildman–Crippen MR) is 103 cm³/mol. The van der Waals surface area contributed by atoms with Crippen LogP contribution in [0, 0.1) is 0 Å². The summed E-state index contributed by atoms with van der Waals surface area (Å²) in [4.78, 5) is 17.3. The van der Waals surface area contributed by atoms with Crippen molar-refractivity contribution in [1.82, 2.24) is 10.2 Å². The Kier molecular flexibility index (Phi) is 3.75. The molecule has 5 rings (SSSR count). The monoisotopic (exact) mass is 347 g/mol. The van der Waals surface area contributed by atoms with Crippen LogP contribution in [0.15, 0.2) is 48.5 Å². The van der Waals surface area contributed by atoms with Gasteiger partial charge in [-0.2, -0.15) is 0 Å². The van der Waals surface area contributed by atoms with Crippen LogP contribution < -0.4 is 10.2 Å². The number of nitrogens with zero attached hydrogens (tertiary/aromatic N) is 2. The Balaban J connectivity index is 1.28. The highest BCUT2D eigenvalue weighted by Gasteiger charge is 2.41. The summed E-state index contributed by atoms with van der Waals surface area (Å²) in [6.45, 7) is 4.71. The Hall–Kier alpha value is -2.33. The van der Waals surface area contributed by atoms with Crippen molar-refractivity contribution in [2.45, 2.75) is 37.9 Å². The van der Waals surface area contributed by atoms with Gasteiger partial charge in [-0.25, -0.2) is 0 Å². The fraction of sp³-hybridized carbons (Fsp3) is 0.409. The van der Waals surface area contributed by atoms with Crippen molar-refractivity contribution in [2.75, 3.05) is 24.5 Å². The first-order valence-electron chi connectivity index (χ1n) is 9.69. The van der Waals surface area contributed by atoms with Gasteiger partial charge in [-0.05, 0) is 61.2 Å². The second kappa shape index (κ2) is 6.13. The highest BCUT2D eigenvalue weighted by Crippen LogP contribution is 2.32. The number of likely N-dealkylation sites (tertiary alicyclic amines) is 1. The summed E-state index contributed by atoms with van der Waals surface area (Å²) >= 11 is 0. The Morgan fingerprint density at radius 1 is 0.962 bits per heavy atom. The van der Waals surface area contributed by atoms with Crippen LogP contribution in [-0.2, 0) is 13.1 Å². The van der Waals surface area contributed by atoms with Gasteiger partial charge < -0.3 is 15.1 Å². The van der Waals surface area contributed by atoms with E-state index in [0.29, 0.717) is 0 Å². The summed E-state index contributed by atoms with van der Waals surface area (Å²) in [5.74, 6) is 0.173. The third kappa shape index (κ3) is 2.69. The lowest BCUT2D eigenvalue weighted by Crippen LogP contribution is -2.43. The number of amides is 1. The maximum Gasteiger partial charge on any atom is 0.253 e. The zero-order valence-corrected chi connectivity index (χ0v) is 15.1. The van der Waals surface area contributed by atoms with Crippen molar-refractivity contribution in [3.8, 4) is 0 Å². The van der Waals surface area contributed by atoms with Gasteiger partial charge in [0.2, 0.25) is 0 Å². The first-order chi connectivity index (χ1) is 12.7. The maximum absolute atomic E-state index is 12.9. The van der Waals surface area contributed by atoms with E-state index < -0.39 is 0 Å². The first-order valence-corrected chi connectivity index (χ1v) is 9.69. The van der Waals surface area contributed by atoms with Crippen molar-refractivity contribution in [3.05, 3.63) is 65.2 Å². The molecule has 134 valence electrons. The minimum absolute atomic E-state index is 0.173. The second-order valence-corrected chi connectivity index (χ2v) is 7.96. The SMILES string of the molecule is O=C(c1ccc(N2Cc3ccccc3C2)cc1)N1CCC2(CCCN2)C1. The topological polar surface area (TPSA) is 35.6 Å². The van der Waals surface area contributed by atoms with E-state index in [1.165, 1.54) is 29.7 Å². The minimum atomic E-state index is 0.173. The van der Waals surface area contributed by atoms with Crippen LogP contribution in [0.1, 0.15) is 40.7 Å². The average Bonchev–Trinajstić information content (AvgIpc) is 3.42. The molecular weight excluding hydrogens is 322 g/mol. The van der Waals surface area contributed by atoms with Crippen LogP contribution in [0.25, 0.3) is 0 Å². The van der Waals surface area contributed by atoms with E-state index in [4.69, 9.17) is 0 Å². The van der Waals surface area contributed by atoms with E-state index in [9.17, 15) is 4.79 Å². The number of anilines is 1. The molecule has 4 nitrogen and oxygen atoms in total. The lowest BCUT2D eigenvalue weighted by molar-refractivity contribution is 0.0782. The summed E-state index contributed by atoms with van der Waals surface area (Å²) in [6.07, 6.45) is 3.52. The lowest BCUT2D eigenvalue weighted by atomic mass is 9.97. The molecule has 3 heterocycles. The summed E-state index contributed by atoms with van der Waals surface area (Å²) in [5, 5.41) is 3.62. The standard InChI is InChI=1S/C22H25N3O/c26-21(24-13-11-22(16-24)10-3-12-23-22)17-6-8-20(9-7-17)25-14-18-4-1-2-5-19(18)15-25/h1-2,4-9,23H,3,10-16H2. The normalized spacial score (nSPS) is 24.5. The van der Waals surface area contributed by atoms with Crippen molar-refractivity contribution < 1.29 is 4.79 Å². The number of nitrogens with one attached hydrogen (secondary N) is 1. The quantitative estimate of drug-likeness (QED) is 0.906.